The van der Waals surface area contributed by atoms with Crippen LogP contribution in [0.15, 0.2) is 79.4 Å². The average molecular weight is 504 g/mol. The SMILES string of the molecule is C=CCc1ccc(OCCCn2c(C(C)NC(=O)c3ccc(Cl)cc3)nc3ccccc32)c(OC)c1. The number of benzene rings is 3. The number of carbonyl (C=O) groups excluding carboxylic acids is 1. The van der Waals surface area contributed by atoms with Gasteiger partial charge in [-0.15, -0.1) is 6.58 Å². The second-order valence-electron chi connectivity index (χ2n) is 8.49. The summed E-state index contributed by atoms with van der Waals surface area (Å²) in [6, 6.07) is 20.5. The number of nitrogens with one attached hydrogen (secondary N) is 1. The Bertz CT molecular complexity index is 1350. The number of ether oxygens (including phenoxy) is 2. The summed E-state index contributed by atoms with van der Waals surface area (Å²) in [6.45, 7) is 6.93. The lowest BCUT2D eigenvalue weighted by molar-refractivity contribution is 0.0937. The molecule has 3 aromatic carbocycles. The molecule has 186 valence electrons. The maximum atomic E-state index is 12.8. The van der Waals surface area contributed by atoms with E-state index >= 15 is 0 Å². The average Bonchev–Trinajstić information content (AvgIpc) is 3.26. The smallest absolute Gasteiger partial charge is 0.251 e. The normalized spacial score (nSPS) is 11.8. The van der Waals surface area contributed by atoms with Crippen molar-refractivity contribution in [3.8, 4) is 11.5 Å². The van der Waals surface area contributed by atoms with Gasteiger partial charge in [0.05, 0.1) is 30.8 Å². The minimum absolute atomic E-state index is 0.173. The van der Waals surface area contributed by atoms with Gasteiger partial charge >= 0.3 is 0 Å². The number of carbonyl (C=O) groups is 1. The summed E-state index contributed by atoms with van der Waals surface area (Å²) in [5.74, 6) is 2.05. The summed E-state index contributed by atoms with van der Waals surface area (Å²) in [5, 5.41) is 3.65. The first-order valence-electron chi connectivity index (χ1n) is 11.9. The number of rotatable bonds is 11. The minimum atomic E-state index is -0.293. The molecule has 0 aliphatic carbocycles. The molecule has 1 N–H and O–H groups in total. The van der Waals surface area contributed by atoms with Crippen molar-refractivity contribution in [2.24, 2.45) is 0 Å². The van der Waals surface area contributed by atoms with E-state index in [0.29, 0.717) is 35.2 Å². The number of para-hydroxylation sites is 2. The molecule has 4 aromatic rings. The molecule has 1 aromatic heterocycles. The molecule has 1 heterocycles. The van der Waals surface area contributed by atoms with Crippen LogP contribution >= 0.6 is 11.6 Å². The van der Waals surface area contributed by atoms with Crippen molar-refractivity contribution in [1.82, 2.24) is 14.9 Å². The predicted molar refractivity (Wildman–Crippen MR) is 144 cm³/mol. The Balaban J connectivity index is 1.46. The van der Waals surface area contributed by atoms with E-state index in [-0.39, 0.29) is 11.9 Å². The quantitative estimate of drug-likeness (QED) is 0.190. The van der Waals surface area contributed by atoms with Gasteiger partial charge in [0.25, 0.3) is 5.91 Å². The predicted octanol–water partition coefficient (Wildman–Crippen LogP) is 6.39. The highest BCUT2D eigenvalue weighted by Crippen LogP contribution is 2.29. The number of amides is 1. The van der Waals surface area contributed by atoms with Crippen molar-refractivity contribution >= 4 is 28.5 Å². The number of methoxy groups -OCH3 is 1. The van der Waals surface area contributed by atoms with Crippen molar-refractivity contribution in [1.29, 1.82) is 0 Å². The summed E-state index contributed by atoms with van der Waals surface area (Å²) < 4.78 is 13.7. The van der Waals surface area contributed by atoms with E-state index in [4.69, 9.17) is 26.1 Å². The Morgan fingerprint density at radius 2 is 1.92 bits per heavy atom. The van der Waals surface area contributed by atoms with Gasteiger partial charge in [0.2, 0.25) is 0 Å². The highest BCUT2D eigenvalue weighted by atomic mass is 35.5. The third kappa shape index (κ3) is 5.89. The number of fused-ring (bicyclic) bond motifs is 1. The zero-order valence-electron chi connectivity index (χ0n) is 20.5. The van der Waals surface area contributed by atoms with Crippen LogP contribution < -0.4 is 14.8 Å². The van der Waals surface area contributed by atoms with Crippen molar-refractivity contribution < 1.29 is 14.3 Å². The van der Waals surface area contributed by atoms with Crippen LogP contribution in [0.2, 0.25) is 5.02 Å². The molecule has 0 spiro atoms. The molecule has 0 saturated heterocycles. The molecular formula is C29H30ClN3O3. The highest BCUT2D eigenvalue weighted by molar-refractivity contribution is 6.30. The van der Waals surface area contributed by atoms with Crippen molar-refractivity contribution in [3.63, 3.8) is 0 Å². The molecule has 0 fully saturated rings. The first-order valence-corrected chi connectivity index (χ1v) is 12.3. The molecular weight excluding hydrogens is 474 g/mol. The van der Waals surface area contributed by atoms with Gasteiger partial charge in [0, 0.05) is 17.1 Å². The number of hydrogen-bond donors (Lipinski definition) is 1. The zero-order chi connectivity index (χ0) is 25.5. The fraction of sp³-hybridized carbons (Fsp3) is 0.241. The van der Waals surface area contributed by atoms with Crippen LogP contribution in [0.1, 0.15) is 41.1 Å². The van der Waals surface area contributed by atoms with E-state index in [1.165, 1.54) is 0 Å². The Morgan fingerprint density at radius 1 is 1.14 bits per heavy atom. The number of aryl methyl sites for hydroxylation is 1. The van der Waals surface area contributed by atoms with Crippen LogP contribution in [0.4, 0.5) is 0 Å². The van der Waals surface area contributed by atoms with Crippen molar-refractivity contribution in [2.75, 3.05) is 13.7 Å². The summed E-state index contributed by atoms with van der Waals surface area (Å²) in [6.07, 6.45) is 3.39. The largest absolute Gasteiger partial charge is 0.493 e. The standard InChI is InChI=1S/C29H30ClN3O3/c1-4-8-21-11-16-26(27(19-21)35-3)36-18-7-17-33-25-10-6-5-9-24(25)32-28(33)20(2)31-29(34)22-12-14-23(30)15-13-22/h4-6,9-16,19-20H,1,7-8,17-18H2,2-3H3,(H,31,34). The molecule has 4 rings (SSSR count). The van der Waals surface area contributed by atoms with Gasteiger partial charge in [0.15, 0.2) is 11.5 Å². The number of hydrogen-bond acceptors (Lipinski definition) is 4. The maximum absolute atomic E-state index is 12.8. The Labute approximate surface area is 216 Å². The molecule has 0 bridgehead atoms. The third-order valence-corrected chi connectivity index (χ3v) is 6.17. The number of halogens is 1. The number of allylic oxidation sites excluding steroid dienone is 1. The van der Waals surface area contributed by atoms with Crippen LogP contribution in [0.25, 0.3) is 11.0 Å². The molecule has 1 amide bonds. The Morgan fingerprint density at radius 3 is 2.67 bits per heavy atom. The van der Waals surface area contributed by atoms with E-state index in [1.54, 1.807) is 31.4 Å². The van der Waals surface area contributed by atoms with Gasteiger partial charge in [-0.3, -0.25) is 4.79 Å². The molecule has 0 aliphatic heterocycles. The monoisotopic (exact) mass is 503 g/mol. The van der Waals surface area contributed by atoms with E-state index < -0.39 is 0 Å². The molecule has 36 heavy (non-hydrogen) atoms. The third-order valence-electron chi connectivity index (χ3n) is 5.92. The molecule has 0 saturated carbocycles. The van der Waals surface area contributed by atoms with Gasteiger partial charge in [-0.25, -0.2) is 4.98 Å². The number of imidazole rings is 1. The van der Waals surface area contributed by atoms with E-state index in [1.807, 2.05) is 55.5 Å². The second kappa shape index (κ2) is 11.8. The second-order valence-corrected chi connectivity index (χ2v) is 8.93. The Kier molecular flexibility index (Phi) is 8.28. The maximum Gasteiger partial charge on any atom is 0.251 e. The zero-order valence-corrected chi connectivity index (χ0v) is 21.3. The summed E-state index contributed by atoms with van der Waals surface area (Å²) in [5.41, 5.74) is 3.58. The molecule has 6 nitrogen and oxygen atoms in total. The summed E-state index contributed by atoms with van der Waals surface area (Å²) in [7, 11) is 1.64. The van der Waals surface area contributed by atoms with Gasteiger partial charge in [0.1, 0.15) is 5.82 Å². The number of nitrogens with zero attached hydrogens (tertiary/aromatic N) is 2. The number of aromatic nitrogens is 2. The first-order chi connectivity index (χ1) is 17.5. The topological polar surface area (TPSA) is 65.4 Å². The molecule has 1 atom stereocenters. The van der Waals surface area contributed by atoms with Gasteiger partial charge in [-0.2, -0.15) is 0 Å². The summed E-state index contributed by atoms with van der Waals surface area (Å²) >= 11 is 5.95. The first kappa shape index (κ1) is 25.3. The summed E-state index contributed by atoms with van der Waals surface area (Å²) in [4.78, 5) is 17.6. The lowest BCUT2D eigenvalue weighted by Gasteiger charge is -2.17. The fourth-order valence-corrected chi connectivity index (χ4v) is 4.26. The highest BCUT2D eigenvalue weighted by Gasteiger charge is 2.19. The molecule has 1 unspecified atom stereocenters. The molecule has 0 radical (unpaired) electrons. The van der Waals surface area contributed by atoms with Crippen LogP contribution in [-0.2, 0) is 13.0 Å². The van der Waals surface area contributed by atoms with E-state index in [0.717, 1.165) is 35.3 Å². The van der Waals surface area contributed by atoms with Crippen molar-refractivity contribution in [2.45, 2.75) is 32.4 Å². The molecule has 7 heteroatoms. The Hall–Kier alpha value is -3.77. The van der Waals surface area contributed by atoms with Gasteiger partial charge in [-0.05, 0) is 73.9 Å². The molecule has 0 aliphatic rings. The van der Waals surface area contributed by atoms with Gasteiger partial charge < -0.3 is 19.4 Å². The van der Waals surface area contributed by atoms with Crippen LogP contribution in [-0.4, -0.2) is 29.2 Å². The lowest BCUT2D eigenvalue weighted by Crippen LogP contribution is -2.28. The van der Waals surface area contributed by atoms with E-state index in [2.05, 4.69) is 16.5 Å². The lowest BCUT2D eigenvalue weighted by atomic mass is 10.1. The minimum Gasteiger partial charge on any atom is -0.493 e. The van der Waals surface area contributed by atoms with Gasteiger partial charge in [-0.1, -0.05) is 35.9 Å². The van der Waals surface area contributed by atoms with Crippen molar-refractivity contribution in [3.05, 3.63) is 101 Å². The van der Waals surface area contributed by atoms with E-state index in [9.17, 15) is 4.79 Å². The van der Waals surface area contributed by atoms with Crippen LogP contribution in [0.5, 0.6) is 11.5 Å². The van der Waals surface area contributed by atoms with Crippen LogP contribution in [0.3, 0.4) is 0 Å². The van der Waals surface area contributed by atoms with Crippen LogP contribution in [0, 0.1) is 0 Å². The fourth-order valence-electron chi connectivity index (χ4n) is 4.14.